The molecule has 1 heterocycles. The van der Waals surface area contributed by atoms with Gasteiger partial charge in [0.05, 0.1) is 19.4 Å². The quantitative estimate of drug-likeness (QED) is 0.615. The van der Waals surface area contributed by atoms with E-state index in [1.807, 2.05) is 25.1 Å². The van der Waals surface area contributed by atoms with E-state index in [1.165, 1.54) is 16.7 Å². The third-order valence-electron chi connectivity index (χ3n) is 3.88. The van der Waals surface area contributed by atoms with Crippen molar-refractivity contribution in [2.24, 2.45) is 0 Å². The van der Waals surface area contributed by atoms with Crippen molar-refractivity contribution in [3.63, 3.8) is 0 Å². The third-order valence-corrected chi connectivity index (χ3v) is 4.77. The second-order valence-electron chi connectivity index (χ2n) is 5.65. The maximum absolute atomic E-state index is 5.58. The van der Waals surface area contributed by atoms with E-state index in [0.717, 1.165) is 27.8 Å². The summed E-state index contributed by atoms with van der Waals surface area (Å²) in [4.78, 5) is 4.83. The Bertz CT molecular complexity index is 855. The molecule has 0 bridgehead atoms. The first-order valence-corrected chi connectivity index (χ1v) is 8.84. The highest BCUT2D eigenvalue weighted by Crippen LogP contribution is 2.35. The van der Waals surface area contributed by atoms with Crippen molar-refractivity contribution in [1.29, 1.82) is 0 Å². The van der Waals surface area contributed by atoms with Crippen molar-refractivity contribution in [1.82, 2.24) is 4.98 Å². The molecule has 2 aromatic carbocycles. The zero-order valence-electron chi connectivity index (χ0n) is 14.4. The lowest BCUT2D eigenvalue weighted by atomic mass is 10.0. The summed E-state index contributed by atoms with van der Waals surface area (Å²) < 4.78 is 11.0. The summed E-state index contributed by atoms with van der Waals surface area (Å²) >= 11 is 1.64. The van der Waals surface area contributed by atoms with E-state index >= 15 is 0 Å². The maximum Gasteiger partial charge on any atom is 0.161 e. The number of thiazole rings is 1. The smallest absolute Gasteiger partial charge is 0.161 e. The number of nitrogens with zero attached hydrogens (tertiary/aromatic N) is 1. The van der Waals surface area contributed by atoms with E-state index in [1.54, 1.807) is 18.4 Å². The van der Waals surface area contributed by atoms with E-state index < -0.39 is 0 Å². The average Bonchev–Trinajstić information content (AvgIpc) is 3.07. The summed E-state index contributed by atoms with van der Waals surface area (Å²) in [6, 6.07) is 12.4. The van der Waals surface area contributed by atoms with Crippen LogP contribution < -0.4 is 9.47 Å². The molecule has 4 heteroatoms. The van der Waals surface area contributed by atoms with Gasteiger partial charge in [-0.1, -0.05) is 17.7 Å². The first kappa shape index (κ1) is 16.5. The Morgan fingerprint density at radius 3 is 2.62 bits per heavy atom. The van der Waals surface area contributed by atoms with Gasteiger partial charge >= 0.3 is 0 Å². The lowest BCUT2D eigenvalue weighted by molar-refractivity contribution is 0.311. The molecule has 1 aromatic heterocycles. The van der Waals surface area contributed by atoms with Crippen LogP contribution in [-0.4, -0.2) is 18.7 Å². The summed E-state index contributed by atoms with van der Waals surface area (Å²) in [5.41, 5.74) is 5.73. The molecule has 0 saturated carbocycles. The second kappa shape index (κ2) is 7.05. The molecule has 3 nitrogen and oxygen atoms in total. The highest BCUT2D eigenvalue weighted by Gasteiger charge is 2.12. The number of ether oxygens (including phenoxy) is 2. The van der Waals surface area contributed by atoms with Crippen LogP contribution in [0.25, 0.3) is 21.8 Å². The number of aromatic nitrogens is 1. The fourth-order valence-electron chi connectivity index (χ4n) is 2.62. The third kappa shape index (κ3) is 3.29. The molecular formula is C20H21NO2S. The van der Waals surface area contributed by atoms with Crippen LogP contribution in [0.4, 0.5) is 0 Å². The van der Waals surface area contributed by atoms with Gasteiger partial charge in [0, 0.05) is 16.5 Å². The SMILES string of the molecule is CCOc1ccc(-c2nc(-c3cc(C)ccc3C)cs2)cc1OC. The van der Waals surface area contributed by atoms with Crippen LogP contribution in [0.15, 0.2) is 41.8 Å². The Morgan fingerprint density at radius 2 is 1.88 bits per heavy atom. The molecular weight excluding hydrogens is 318 g/mol. The van der Waals surface area contributed by atoms with Gasteiger partial charge in [0.2, 0.25) is 0 Å². The highest BCUT2D eigenvalue weighted by molar-refractivity contribution is 7.13. The van der Waals surface area contributed by atoms with Crippen molar-refractivity contribution < 1.29 is 9.47 Å². The number of hydrogen-bond donors (Lipinski definition) is 0. The summed E-state index contributed by atoms with van der Waals surface area (Å²) in [6.07, 6.45) is 0. The van der Waals surface area contributed by atoms with E-state index in [4.69, 9.17) is 14.5 Å². The molecule has 24 heavy (non-hydrogen) atoms. The zero-order valence-corrected chi connectivity index (χ0v) is 15.2. The van der Waals surface area contributed by atoms with Gasteiger partial charge < -0.3 is 9.47 Å². The molecule has 0 aliphatic carbocycles. The number of hydrogen-bond acceptors (Lipinski definition) is 4. The van der Waals surface area contributed by atoms with Gasteiger partial charge in [-0.05, 0) is 50.6 Å². The predicted octanol–water partition coefficient (Wildman–Crippen LogP) is 5.50. The van der Waals surface area contributed by atoms with E-state index in [-0.39, 0.29) is 0 Å². The van der Waals surface area contributed by atoms with Crippen LogP contribution >= 0.6 is 11.3 Å². The molecule has 0 fully saturated rings. The molecule has 0 saturated heterocycles. The van der Waals surface area contributed by atoms with Gasteiger partial charge in [-0.15, -0.1) is 11.3 Å². The van der Waals surface area contributed by atoms with Crippen molar-refractivity contribution in [2.45, 2.75) is 20.8 Å². The Hall–Kier alpha value is -2.33. The minimum atomic E-state index is 0.615. The van der Waals surface area contributed by atoms with Gasteiger partial charge in [0.15, 0.2) is 11.5 Å². The summed E-state index contributed by atoms with van der Waals surface area (Å²) in [5.74, 6) is 1.49. The first-order chi connectivity index (χ1) is 11.6. The molecule has 0 aliphatic rings. The van der Waals surface area contributed by atoms with Crippen LogP contribution in [0.2, 0.25) is 0 Å². The molecule has 124 valence electrons. The maximum atomic E-state index is 5.58. The minimum Gasteiger partial charge on any atom is -0.493 e. The molecule has 0 radical (unpaired) electrons. The van der Waals surface area contributed by atoms with Crippen LogP contribution in [0.1, 0.15) is 18.1 Å². The molecule has 0 spiro atoms. The molecule has 0 N–H and O–H groups in total. The molecule has 0 unspecified atom stereocenters. The summed E-state index contributed by atoms with van der Waals surface area (Å²) in [5, 5.41) is 3.09. The lowest BCUT2D eigenvalue weighted by Gasteiger charge is -2.10. The van der Waals surface area contributed by atoms with Crippen molar-refractivity contribution >= 4 is 11.3 Å². The Morgan fingerprint density at radius 1 is 1.04 bits per heavy atom. The first-order valence-electron chi connectivity index (χ1n) is 7.96. The fraction of sp³-hybridized carbons (Fsp3) is 0.250. The minimum absolute atomic E-state index is 0.615. The van der Waals surface area contributed by atoms with Crippen LogP contribution in [-0.2, 0) is 0 Å². The number of aryl methyl sites for hydroxylation is 2. The Balaban J connectivity index is 1.97. The van der Waals surface area contributed by atoms with Crippen LogP contribution in [0, 0.1) is 13.8 Å². The van der Waals surface area contributed by atoms with E-state index in [9.17, 15) is 0 Å². The molecule has 3 aromatic rings. The van der Waals surface area contributed by atoms with Gasteiger partial charge in [-0.2, -0.15) is 0 Å². The average molecular weight is 339 g/mol. The largest absolute Gasteiger partial charge is 0.493 e. The van der Waals surface area contributed by atoms with Crippen molar-refractivity contribution in [3.05, 3.63) is 52.9 Å². The van der Waals surface area contributed by atoms with Crippen molar-refractivity contribution in [3.8, 4) is 33.3 Å². The number of benzene rings is 2. The zero-order chi connectivity index (χ0) is 17.1. The highest BCUT2D eigenvalue weighted by atomic mass is 32.1. The predicted molar refractivity (Wildman–Crippen MR) is 100 cm³/mol. The van der Waals surface area contributed by atoms with Gasteiger partial charge in [-0.25, -0.2) is 4.98 Å². The standard InChI is InChI=1S/C20H21NO2S/c1-5-23-18-9-8-15(11-19(18)22-4)20-21-17(12-24-20)16-10-13(2)6-7-14(16)3/h6-12H,5H2,1-4H3. The fourth-order valence-corrected chi connectivity index (χ4v) is 3.43. The molecule has 3 rings (SSSR count). The molecule has 0 amide bonds. The van der Waals surface area contributed by atoms with E-state index in [0.29, 0.717) is 6.61 Å². The lowest BCUT2D eigenvalue weighted by Crippen LogP contribution is -1.95. The molecule has 0 aliphatic heterocycles. The van der Waals surface area contributed by atoms with Gasteiger partial charge in [0.25, 0.3) is 0 Å². The Kier molecular flexibility index (Phi) is 4.86. The van der Waals surface area contributed by atoms with Crippen molar-refractivity contribution in [2.75, 3.05) is 13.7 Å². The second-order valence-corrected chi connectivity index (χ2v) is 6.51. The topological polar surface area (TPSA) is 31.4 Å². The Labute approximate surface area is 146 Å². The summed E-state index contributed by atoms with van der Waals surface area (Å²) in [7, 11) is 1.66. The normalized spacial score (nSPS) is 10.7. The van der Waals surface area contributed by atoms with E-state index in [2.05, 4.69) is 37.4 Å². The van der Waals surface area contributed by atoms with Gasteiger partial charge in [0.1, 0.15) is 5.01 Å². The van der Waals surface area contributed by atoms with Crippen LogP contribution in [0.5, 0.6) is 11.5 Å². The van der Waals surface area contributed by atoms with Gasteiger partial charge in [-0.3, -0.25) is 0 Å². The number of methoxy groups -OCH3 is 1. The number of rotatable bonds is 5. The van der Waals surface area contributed by atoms with Crippen LogP contribution in [0.3, 0.4) is 0 Å². The monoisotopic (exact) mass is 339 g/mol. The summed E-state index contributed by atoms with van der Waals surface area (Å²) in [6.45, 7) is 6.80. The molecule has 0 atom stereocenters.